The molecule has 6 nitrogen and oxygen atoms in total. The van der Waals surface area contributed by atoms with Crippen molar-refractivity contribution in [3.8, 4) is 22.8 Å². The number of pyridine rings is 2. The Morgan fingerprint density at radius 1 is 1.11 bits per heavy atom. The van der Waals surface area contributed by atoms with E-state index in [1.54, 1.807) is 18.6 Å². The van der Waals surface area contributed by atoms with E-state index in [2.05, 4.69) is 63.5 Å². The van der Waals surface area contributed by atoms with Crippen molar-refractivity contribution in [3.05, 3.63) is 95.0 Å². The Kier molecular flexibility index (Phi) is 8.46. The average Bonchev–Trinajstić information content (AvgIpc) is 3.50. The quantitative estimate of drug-likeness (QED) is 0.361. The van der Waals surface area contributed by atoms with Crippen LogP contribution < -0.4 is 10.6 Å². The fraction of sp³-hybridized carbons (Fsp3) is 0.172. The molecular formula is C29H32N6. The van der Waals surface area contributed by atoms with Crippen molar-refractivity contribution in [2.24, 2.45) is 0 Å². The van der Waals surface area contributed by atoms with Gasteiger partial charge in [0.15, 0.2) is 5.82 Å². The third kappa shape index (κ3) is 5.61. The minimum Gasteiger partial charge on any atom is -0.335 e. The van der Waals surface area contributed by atoms with Gasteiger partial charge in [-0.2, -0.15) is 5.10 Å². The number of aromatic amines is 2. The summed E-state index contributed by atoms with van der Waals surface area (Å²) in [4.78, 5) is 16.9. The molecule has 0 saturated carbocycles. The highest BCUT2D eigenvalue weighted by Gasteiger charge is 2.14. The van der Waals surface area contributed by atoms with Crippen LogP contribution in [-0.4, -0.2) is 30.1 Å². The third-order valence-corrected chi connectivity index (χ3v) is 5.43. The number of allylic oxidation sites excluding steroid dienone is 7. The fourth-order valence-corrected chi connectivity index (χ4v) is 3.50. The van der Waals surface area contributed by atoms with Crippen molar-refractivity contribution >= 4 is 23.7 Å². The lowest BCUT2D eigenvalue weighted by Gasteiger charge is -2.02. The molecule has 0 radical (unpaired) electrons. The largest absolute Gasteiger partial charge is 0.335 e. The van der Waals surface area contributed by atoms with Crippen molar-refractivity contribution in [1.82, 2.24) is 30.1 Å². The smallest absolute Gasteiger partial charge is 0.159 e. The molecular weight excluding hydrogens is 432 g/mol. The number of hydrogen-bond donors (Lipinski definition) is 2. The summed E-state index contributed by atoms with van der Waals surface area (Å²) in [6.07, 6.45) is 15.4. The predicted octanol–water partition coefficient (Wildman–Crippen LogP) is 5.65. The molecule has 6 heteroatoms. The molecule has 0 bridgehead atoms. The van der Waals surface area contributed by atoms with E-state index < -0.39 is 0 Å². The summed E-state index contributed by atoms with van der Waals surface area (Å²) in [5.41, 5.74) is 7.35. The minimum atomic E-state index is 0.635. The Morgan fingerprint density at radius 3 is 2.60 bits per heavy atom. The van der Waals surface area contributed by atoms with E-state index in [1.165, 1.54) is 0 Å². The van der Waals surface area contributed by atoms with Gasteiger partial charge < -0.3 is 4.98 Å². The first-order valence-corrected chi connectivity index (χ1v) is 11.7. The molecule has 0 unspecified atom stereocenters. The van der Waals surface area contributed by atoms with Crippen LogP contribution in [0.2, 0.25) is 0 Å². The Balaban J connectivity index is 0.00000167. The topological polar surface area (TPSA) is 83.1 Å². The van der Waals surface area contributed by atoms with Crippen molar-refractivity contribution in [2.75, 3.05) is 0 Å². The number of nitrogens with one attached hydrogen (secondary N) is 2. The monoisotopic (exact) mass is 464 g/mol. The molecule has 0 amide bonds. The lowest BCUT2D eigenvalue weighted by Crippen LogP contribution is -2.21. The van der Waals surface area contributed by atoms with Crippen LogP contribution in [0.1, 0.15) is 34.6 Å². The van der Waals surface area contributed by atoms with Gasteiger partial charge in [0.25, 0.3) is 0 Å². The van der Waals surface area contributed by atoms with Gasteiger partial charge in [0.05, 0.1) is 22.8 Å². The van der Waals surface area contributed by atoms with Gasteiger partial charge >= 0.3 is 0 Å². The van der Waals surface area contributed by atoms with Crippen molar-refractivity contribution < 1.29 is 0 Å². The van der Waals surface area contributed by atoms with Crippen molar-refractivity contribution in [1.29, 1.82) is 0 Å². The van der Waals surface area contributed by atoms with Crippen LogP contribution in [0.5, 0.6) is 0 Å². The Bertz CT molecular complexity index is 1510. The van der Waals surface area contributed by atoms with Gasteiger partial charge in [-0.25, -0.2) is 4.98 Å². The standard InChI is InChI=1S/C27H26N6.C2H6/c1-6-17(3)14-20(7-2)18(4)11-12-22-19(5)25(33-32-22)27-30-24-16-28-15-21(26(24)31-27)23-10-8-9-13-29-23;1-2/h6-16,32H,1,5H2,2-4H3,(H,30,31);1-2H3/b17-14-,18-11+,20-7+,22-12+;. The van der Waals surface area contributed by atoms with E-state index in [-0.39, 0.29) is 0 Å². The highest BCUT2D eigenvalue weighted by atomic mass is 15.1. The fourth-order valence-electron chi connectivity index (χ4n) is 3.50. The second-order valence-electron chi connectivity index (χ2n) is 7.70. The molecule has 4 heterocycles. The van der Waals surface area contributed by atoms with E-state index in [0.29, 0.717) is 11.5 Å². The summed E-state index contributed by atoms with van der Waals surface area (Å²) in [5.74, 6) is 0.635. The molecule has 0 aliphatic heterocycles. The second kappa shape index (κ2) is 11.7. The average molecular weight is 465 g/mol. The van der Waals surface area contributed by atoms with Gasteiger partial charge in [0, 0.05) is 23.2 Å². The number of imidazole rings is 1. The molecule has 0 aliphatic rings. The number of hydrogen-bond acceptors (Lipinski definition) is 4. The predicted molar refractivity (Wildman–Crippen MR) is 147 cm³/mol. The third-order valence-electron chi connectivity index (χ3n) is 5.43. The molecule has 4 aromatic heterocycles. The molecule has 0 saturated heterocycles. The summed E-state index contributed by atoms with van der Waals surface area (Å²) in [5, 5.41) is 9.14. The highest BCUT2D eigenvalue weighted by Crippen LogP contribution is 2.26. The maximum absolute atomic E-state index is 4.80. The molecule has 178 valence electrons. The van der Waals surface area contributed by atoms with Gasteiger partial charge in [-0.15, -0.1) is 0 Å². The van der Waals surface area contributed by atoms with Crippen LogP contribution in [0, 0.1) is 0 Å². The molecule has 0 aromatic carbocycles. The summed E-state index contributed by atoms with van der Waals surface area (Å²) >= 11 is 0. The summed E-state index contributed by atoms with van der Waals surface area (Å²) in [7, 11) is 0. The van der Waals surface area contributed by atoms with E-state index in [4.69, 9.17) is 4.98 Å². The lowest BCUT2D eigenvalue weighted by molar-refractivity contribution is 1.06. The highest BCUT2D eigenvalue weighted by molar-refractivity contribution is 5.91. The number of aromatic nitrogens is 6. The van der Waals surface area contributed by atoms with Gasteiger partial charge in [-0.1, -0.05) is 62.9 Å². The lowest BCUT2D eigenvalue weighted by atomic mass is 10.0. The minimum absolute atomic E-state index is 0.635. The van der Waals surface area contributed by atoms with Gasteiger partial charge in [0.1, 0.15) is 11.2 Å². The Hall–Kier alpha value is -4.32. The summed E-state index contributed by atoms with van der Waals surface area (Å²) in [6.45, 7) is 18.2. The number of fused-ring (bicyclic) bond motifs is 1. The molecule has 0 fully saturated rings. The van der Waals surface area contributed by atoms with Gasteiger partial charge in [-0.3, -0.25) is 15.1 Å². The molecule has 2 N–H and O–H groups in total. The van der Waals surface area contributed by atoms with Gasteiger partial charge in [0.2, 0.25) is 0 Å². The first-order chi connectivity index (χ1) is 17.0. The van der Waals surface area contributed by atoms with Crippen LogP contribution in [0.3, 0.4) is 0 Å². The number of nitrogens with zero attached hydrogens (tertiary/aromatic N) is 4. The van der Waals surface area contributed by atoms with Crippen LogP contribution in [-0.2, 0) is 0 Å². The first-order valence-electron chi connectivity index (χ1n) is 11.7. The van der Waals surface area contributed by atoms with Crippen molar-refractivity contribution in [3.63, 3.8) is 0 Å². The van der Waals surface area contributed by atoms with Crippen LogP contribution in [0.25, 0.3) is 46.5 Å². The second-order valence-corrected chi connectivity index (χ2v) is 7.70. The van der Waals surface area contributed by atoms with E-state index in [0.717, 1.165) is 49.6 Å². The molecule has 4 aromatic rings. The van der Waals surface area contributed by atoms with Crippen LogP contribution >= 0.6 is 0 Å². The van der Waals surface area contributed by atoms with E-state index in [9.17, 15) is 0 Å². The van der Waals surface area contributed by atoms with Crippen LogP contribution in [0.4, 0.5) is 0 Å². The van der Waals surface area contributed by atoms with Gasteiger partial charge in [-0.05, 0) is 50.1 Å². The number of rotatable bonds is 6. The Labute approximate surface area is 206 Å². The zero-order valence-corrected chi connectivity index (χ0v) is 21.1. The normalized spacial score (nSPS) is 13.1. The number of H-pyrrole nitrogens is 2. The summed E-state index contributed by atoms with van der Waals surface area (Å²) < 4.78 is 0. The molecule has 0 aliphatic carbocycles. The molecule has 4 rings (SSSR count). The first kappa shape index (κ1) is 25.3. The zero-order chi connectivity index (χ0) is 25.4. The SMILES string of the molecule is C=C\C(C)=C/C(=C\C)C(/C)=C/C=c1/[nH]nc(-c2nc3c(-c4ccccn4)cncc3[nH]2)c1=C.CC. The maximum Gasteiger partial charge on any atom is 0.159 e. The molecule has 0 atom stereocenters. The maximum atomic E-state index is 4.80. The van der Waals surface area contributed by atoms with Crippen LogP contribution in [0.15, 0.2) is 84.4 Å². The molecule has 35 heavy (non-hydrogen) atoms. The van der Waals surface area contributed by atoms with Crippen molar-refractivity contribution in [2.45, 2.75) is 34.6 Å². The molecule has 0 spiro atoms. The van der Waals surface area contributed by atoms with E-state index in [1.807, 2.05) is 58.0 Å². The zero-order valence-electron chi connectivity index (χ0n) is 21.1. The van der Waals surface area contributed by atoms with E-state index >= 15 is 0 Å². The summed E-state index contributed by atoms with van der Waals surface area (Å²) in [6, 6.07) is 5.77. The Morgan fingerprint density at radius 2 is 1.91 bits per heavy atom.